The largest absolute Gasteiger partial charge is 0.275 e. The molecule has 70 valence electrons. The number of benzene rings is 1. The highest BCUT2D eigenvalue weighted by Crippen LogP contribution is 2.29. The Morgan fingerprint density at radius 3 is 2.31 bits per heavy atom. The van der Waals surface area contributed by atoms with Gasteiger partial charge < -0.3 is 0 Å². The van der Waals surface area contributed by atoms with E-state index < -0.39 is 21.3 Å². The first-order valence-electron chi connectivity index (χ1n) is 2.98. The van der Waals surface area contributed by atoms with Gasteiger partial charge in [0, 0.05) is 0 Å². The van der Waals surface area contributed by atoms with Gasteiger partial charge in [0.1, 0.15) is 0 Å². The fourth-order valence-corrected chi connectivity index (χ4v) is 1.97. The molecule has 0 bridgehead atoms. The monoisotopic (exact) mass is 332 g/mol. The summed E-state index contributed by atoms with van der Waals surface area (Å²) in [4.78, 5) is 10.6. The maximum absolute atomic E-state index is 13.1. The van der Waals surface area contributed by atoms with Crippen molar-refractivity contribution in [3.05, 3.63) is 32.2 Å². The molecular weight excluding hydrogens is 333 g/mol. The van der Waals surface area contributed by atoms with Crippen molar-refractivity contribution < 1.29 is 13.6 Å². The summed E-state index contributed by atoms with van der Waals surface area (Å²) in [5, 5.41) is -0.973. The molecule has 0 aliphatic rings. The van der Waals surface area contributed by atoms with E-state index in [1.807, 2.05) is 0 Å². The first-order chi connectivity index (χ1) is 5.95. The number of carbonyl (C=O) groups excluding carboxylic acids is 1. The number of hydrogen-bond donors (Lipinski definition) is 0. The van der Waals surface area contributed by atoms with Gasteiger partial charge in [-0.25, -0.2) is 8.78 Å². The summed E-state index contributed by atoms with van der Waals surface area (Å²) in [6.07, 6.45) is 0. The Bertz CT molecular complexity index is 381. The lowest BCUT2D eigenvalue weighted by Gasteiger charge is -2.02. The molecule has 0 N–H and O–H groups in total. The van der Waals surface area contributed by atoms with Crippen LogP contribution >= 0.6 is 43.5 Å². The predicted molar refractivity (Wildman–Crippen MR) is 51.9 cm³/mol. The van der Waals surface area contributed by atoms with E-state index >= 15 is 0 Å². The van der Waals surface area contributed by atoms with Crippen LogP contribution in [0.3, 0.4) is 0 Å². The predicted octanol–water partition coefficient (Wildman–Crippen LogP) is 3.87. The summed E-state index contributed by atoms with van der Waals surface area (Å²) in [7, 11) is 0. The van der Waals surface area contributed by atoms with Crippen molar-refractivity contribution in [1.29, 1.82) is 0 Å². The molecule has 1 rings (SSSR count). The van der Waals surface area contributed by atoms with Crippen LogP contribution < -0.4 is 0 Å². The number of hydrogen-bond acceptors (Lipinski definition) is 1. The number of halogens is 5. The smallest absolute Gasteiger partial charge is 0.255 e. The van der Waals surface area contributed by atoms with Gasteiger partial charge in [-0.05, 0) is 49.5 Å². The van der Waals surface area contributed by atoms with E-state index in [0.717, 1.165) is 6.07 Å². The van der Waals surface area contributed by atoms with Gasteiger partial charge in [0.15, 0.2) is 11.6 Å². The molecule has 13 heavy (non-hydrogen) atoms. The first kappa shape index (κ1) is 11.1. The minimum absolute atomic E-state index is 0.0234. The second-order valence-corrected chi connectivity index (χ2v) is 4.11. The van der Waals surface area contributed by atoms with Gasteiger partial charge >= 0.3 is 0 Å². The molecule has 0 aromatic heterocycles. The third-order valence-corrected chi connectivity index (χ3v) is 2.79. The Kier molecular flexibility index (Phi) is 3.43. The number of carbonyl (C=O) groups is 1. The van der Waals surface area contributed by atoms with Gasteiger partial charge in [-0.15, -0.1) is 0 Å². The van der Waals surface area contributed by atoms with Crippen molar-refractivity contribution in [1.82, 2.24) is 0 Å². The summed E-state index contributed by atoms with van der Waals surface area (Å²) in [5.41, 5.74) is -0.373. The van der Waals surface area contributed by atoms with E-state index in [4.69, 9.17) is 11.6 Å². The lowest BCUT2D eigenvalue weighted by molar-refractivity contribution is 0.107. The number of rotatable bonds is 1. The quantitative estimate of drug-likeness (QED) is 0.433. The van der Waals surface area contributed by atoms with Crippen molar-refractivity contribution in [2.75, 3.05) is 0 Å². The molecule has 1 aromatic rings. The van der Waals surface area contributed by atoms with Gasteiger partial charge in [0.05, 0.1) is 14.5 Å². The normalized spacial score (nSPS) is 10.2. The Morgan fingerprint density at radius 2 is 1.85 bits per heavy atom. The molecule has 0 aliphatic carbocycles. The lowest BCUT2D eigenvalue weighted by Crippen LogP contribution is -1.98. The molecule has 0 spiro atoms. The van der Waals surface area contributed by atoms with Crippen molar-refractivity contribution in [3.63, 3.8) is 0 Å². The average molecular weight is 334 g/mol. The van der Waals surface area contributed by atoms with E-state index in [9.17, 15) is 13.6 Å². The maximum atomic E-state index is 13.1. The molecule has 0 heterocycles. The standard InChI is InChI=1S/C7HBr2ClF2O/c8-3-1-2(7(10)13)5(11)4(9)6(3)12/h1H. The van der Waals surface area contributed by atoms with E-state index in [1.54, 1.807) is 0 Å². The van der Waals surface area contributed by atoms with Crippen LogP contribution in [-0.4, -0.2) is 5.24 Å². The zero-order valence-electron chi connectivity index (χ0n) is 5.88. The second-order valence-electron chi connectivity index (χ2n) is 2.12. The van der Waals surface area contributed by atoms with Crippen LogP contribution in [0.1, 0.15) is 10.4 Å². The van der Waals surface area contributed by atoms with Crippen LogP contribution in [0.25, 0.3) is 0 Å². The van der Waals surface area contributed by atoms with Gasteiger partial charge in [0.25, 0.3) is 5.24 Å². The average Bonchev–Trinajstić information content (AvgIpc) is 2.07. The summed E-state index contributed by atoms with van der Waals surface area (Å²) >= 11 is 10.5. The highest BCUT2D eigenvalue weighted by molar-refractivity contribution is 9.11. The van der Waals surface area contributed by atoms with Crippen LogP contribution in [0.4, 0.5) is 8.78 Å². The van der Waals surface area contributed by atoms with E-state index in [0.29, 0.717) is 0 Å². The lowest BCUT2D eigenvalue weighted by atomic mass is 10.2. The molecule has 1 nitrogen and oxygen atoms in total. The highest BCUT2D eigenvalue weighted by Gasteiger charge is 2.18. The molecule has 0 aliphatic heterocycles. The van der Waals surface area contributed by atoms with E-state index in [1.165, 1.54) is 0 Å². The van der Waals surface area contributed by atoms with Crippen molar-refractivity contribution in [2.24, 2.45) is 0 Å². The highest BCUT2D eigenvalue weighted by atomic mass is 79.9. The summed E-state index contributed by atoms with van der Waals surface area (Å²) < 4.78 is 25.6. The van der Waals surface area contributed by atoms with Gasteiger partial charge in [-0.3, -0.25) is 4.79 Å². The molecule has 0 amide bonds. The summed E-state index contributed by atoms with van der Waals surface area (Å²) in [5.74, 6) is -1.81. The molecule has 0 unspecified atom stereocenters. The van der Waals surface area contributed by atoms with E-state index in [-0.39, 0.29) is 10.0 Å². The van der Waals surface area contributed by atoms with Crippen molar-refractivity contribution in [2.45, 2.75) is 0 Å². The Hall–Kier alpha value is -0.000000000000000111. The van der Waals surface area contributed by atoms with E-state index in [2.05, 4.69) is 31.9 Å². The third kappa shape index (κ3) is 2.08. The SMILES string of the molecule is O=C(Cl)c1cc(Br)c(F)c(Br)c1F. The molecule has 0 fully saturated rings. The zero-order chi connectivity index (χ0) is 10.2. The minimum Gasteiger partial charge on any atom is -0.275 e. The molecule has 0 radical (unpaired) electrons. The van der Waals surface area contributed by atoms with Crippen molar-refractivity contribution in [3.8, 4) is 0 Å². The Balaban J connectivity index is 3.50. The molecule has 0 atom stereocenters. The first-order valence-corrected chi connectivity index (χ1v) is 4.94. The van der Waals surface area contributed by atoms with Crippen LogP contribution in [0, 0.1) is 11.6 Å². The van der Waals surface area contributed by atoms with Crippen LogP contribution in [0.5, 0.6) is 0 Å². The Morgan fingerprint density at radius 1 is 1.31 bits per heavy atom. The molecule has 0 saturated heterocycles. The molecule has 6 heteroatoms. The van der Waals surface area contributed by atoms with Crippen molar-refractivity contribution >= 4 is 48.7 Å². The molecular formula is C7HBr2ClF2O. The molecule has 1 aromatic carbocycles. The fraction of sp³-hybridized carbons (Fsp3) is 0. The second kappa shape index (κ2) is 4.02. The fourth-order valence-electron chi connectivity index (χ4n) is 0.716. The van der Waals surface area contributed by atoms with Crippen LogP contribution in [-0.2, 0) is 0 Å². The molecule has 0 saturated carbocycles. The zero-order valence-corrected chi connectivity index (χ0v) is 9.80. The van der Waals surface area contributed by atoms with Gasteiger partial charge in [0.2, 0.25) is 0 Å². The summed E-state index contributed by atoms with van der Waals surface area (Å²) in [6, 6.07) is 0.991. The summed E-state index contributed by atoms with van der Waals surface area (Å²) in [6.45, 7) is 0. The van der Waals surface area contributed by atoms with Gasteiger partial charge in [-0.1, -0.05) is 0 Å². The van der Waals surface area contributed by atoms with Crippen LogP contribution in [0.15, 0.2) is 15.0 Å². The van der Waals surface area contributed by atoms with Crippen LogP contribution in [0.2, 0.25) is 0 Å². The minimum atomic E-state index is -0.999. The topological polar surface area (TPSA) is 17.1 Å². The maximum Gasteiger partial charge on any atom is 0.255 e. The Labute approximate surface area is 94.3 Å². The van der Waals surface area contributed by atoms with Gasteiger partial charge in [-0.2, -0.15) is 0 Å². The third-order valence-electron chi connectivity index (χ3n) is 1.31.